The predicted octanol–water partition coefficient (Wildman–Crippen LogP) is 4.94. The van der Waals surface area contributed by atoms with Crippen LogP contribution < -0.4 is 14.2 Å². The van der Waals surface area contributed by atoms with Crippen LogP contribution in [0.25, 0.3) is 0 Å². The van der Waals surface area contributed by atoms with E-state index >= 15 is 0 Å². The molecule has 0 heterocycles. The molecule has 0 amide bonds. The summed E-state index contributed by atoms with van der Waals surface area (Å²) >= 11 is 0. The number of rotatable bonds is 7. The van der Waals surface area contributed by atoms with Crippen LogP contribution in [0.4, 0.5) is 0 Å². The van der Waals surface area contributed by atoms with E-state index in [-0.39, 0.29) is 11.9 Å². The van der Waals surface area contributed by atoms with Gasteiger partial charge >= 0.3 is 5.97 Å². The number of benzene rings is 1. The fourth-order valence-electron chi connectivity index (χ4n) is 2.15. The summed E-state index contributed by atoms with van der Waals surface area (Å²) < 4.78 is 16.4. The summed E-state index contributed by atoms with van der Waals surface area (Å²) in [5.74, 6) is 1.07. The van der Waals surface area contributed by atoms with Crippen molar-refractivity contribution in [3.63, 3.8) is 0 Å². The molecule has 23 heavy (non-hydrogen) atoms. The summed E-state index contributed by atoms with van der Waals surface area (Å²) in [6.07, 6.45) is 2.69. The molecule has 0 fully saturated rings. The molecule has 0 bridgehead atoms. The molecule has 132 valence electrons. The molecule has 0 N–H and O–H groups in total. The van der Waals surface area contributed by atoms with Crippen molar-refractivity contribution in [3.8, 4) is 17.2 Å². The van der Waals surface area contributed by atoms with Crippen molar-refractivity contribution >= 4 is 5.97 Å². The van der Waals surface area contributed by atoms with Crippen LogP contribution in [0.15, 0.2) is 6.07 Å². The van der Waals surface area contributed by atoms with Gasteiger partial charge in [0, 0.05) is 0 Å². The first kappa shape index (κ1) is 21.3. The van der Waals surface area contributed by atoms with Gasteiger partial charge < -0.3 is 14.2 Å². The molecule has 0 saturated carbocycles. The molecule has 1 atom stereocenters. The Balaban J connectivity index is 0.00000232. The Kier molecular flexibility index (Phi) is 10.1. The van der Waals surface area contributed by atoms with Gasteiger partial charge in [-0.2, -0.15) is 0 Å². The number of carbonyl (C=O) groups is 1. The highest BCUT2D eigenvalue weighted by Gasteiger charge is 2.22. The zero-order chi connectivity index (χ0) is 18.0. The van der Waals surface area contributed by atoms with Gasteiger partial charge in [-0.1, -0.05) is 41.0 Å². The Labute approximate surface area is 141 Å². The minimum Gasteiger partial charge on any atom is -0.493 e. The van der Waals surface area contributed by atoms with Gasteiger partial charge in [0.25, 0.3) is 0 Å². The van der Waals surface area contributed by atoms with E-state index in [1.54, 1.807) is 14.2 Å². The van der Waals surface area contributed by atoms with Gasteiger partial charge in [0.2, 0.25) is 5.75 Å². The van der Waals surface area contributed by atoms with Crippen LogP contribution >= 0.6 is 0 Å². The third kappa shape index (κ3) is 5.45. The third-order valence-electron chi connectivity index (χ3n) is 3.72. The minimum absolute atomic E-state index is 0.157. The largest absolute Gasteiger partial charge is 0.493 e. The Morgan fingerprint density at radius 3 is 2.17 bits per heavy atom. The maximum absolute atomic E-state index is 12.1. The van der Waals surface area contributed by atoms with Crippen molar-refractivity contribution in [3.05, 3.63) is 17.2 Å². The van der Waals surface area contributed by atoms with E-state index in [0.717, 1.165) is 30.4 Å². The first-order valence-corrected chi connectivity index (χ1v) is 8.46. The SMILES string of the molecule is CC.CCCc1cc(OC)c(OC(=O)C(C)CC)c(OC)c1C. The molecule has 0 aliphatic carbocycles. The van der Waals surface area contributed by atoms with Crippen LogP contribution in [0.3, 0.4) is 0 Å². The second-order valence-corrected chi connectivity index (χ2v) is 5.21. The van der Waals surface area contributed by atoms with Gasteiger partial charge in [0.05, 0.1) is 20.1 Å². The number of ether oxygens (including phenoxy) is 3. The van der Waals surface area contributed by atoms with E-state index in [1.807, 2.05) is 40.7 Å². The summed E-state index contributed by atoms with van der Waals surface area (Å²) in [5.41, 5.74) is 2.14. The number of methoxy groups -OCH3 is 2. The first-order chi connectivity index (χ1) is 11.0. The Hall–Kier alpha value is -1.71. The molecule has 0 aromatic heterocycles. The van der Waals surface area contributed by atoms with Crippen molar-refractivity contribution in [1.29, 1.82) is 0 Å². The van der Waals surface area contributed by atoms with Crippen molar-refractivity contribution in [2.24, 2.45) is 5.92 Å². The number of carbonyl (C=O) groups excluding carboxylic acids is 1. The van der Waals surface area contributed by atoms with Gasteiger partial charge in [-0.15, -0.1) is 0 Å². The van der Waals surface area contributed by atoms with Crippen LogP contribution in [0.5, 0.6) is 17.2 Å². The van der Waals surface area contributed by atoms with E-state index in [0.29, 0.717) is 17.2 Å². The standard InChI is InChI=1S/C17H26O4.C2H6/c1-7-9-13-10-14(19-5)16(15(20-6)12(13)4)21-17(18)11(3)8-2;1-2/h10-11H,7-9H2,1-6H3;1-2H3. The maximum atomic E-state index is 12.1. The highest BCUT2D eigenvalue weighted by molar-refractivity contribution is 5.77. The second-order valence-electron chi connectivity index (χ2n) is 5.21. The quantitative estimate of drug-likeness (QED) is 0.526. The lowest BCUT2D eigenvalue weighted by atomic mass is 10.0. The minimum atomic E-state index is -0.267. The summed E-state index contributed by atoms with van der Waals surface area (Å²) in [7, 11) is 3.15. The molecule has 0 saturated heterocycles. The van der Waals surface area contributed by atoms with Gasteiger partial charge in [0.15, 0.2) is 11.5 Å². The number of aryl methyl sites for hydroxylation is 1. The fourth-order valence-corrected chi connectivity index (χ4v) is 2.15. The molecule has 4 heteroatoms. The van der Waals surface area contributed by atoms with Crippen molar-refractivity contribution in [1.82, 2.24) is 0 Å². The zero-order valence-corrected chi connectivity index (χ0v) is 15.9. The first-order valence-electron chi connectivity index (χ1n) is 8.46. The fraction of sp³-hybridized carbons (Fsp3) is 0.632. The van der Waals surface area contributed by atoms with Gasteiger partial charge in [-0.25, -0.2) is 0 Å². The molecular weight excluding hydrogens is 292 g/mol. The lowest BCUT2D eigenvalue weighted by molar-refractivity contribution is -0.138. The Morgan fingerprint density at radius 2 is 1.74 bits per heavy atom. The predicted molar refractivity (Wildman–Crippen MR) is 94.7 cm³/mol. The molecule has 4 nitrogen and oxygen atoms in total. The highest BCUT2D eigenvalue weighted by atomic mass is 16.6. The third-order valence-corrected chi connectivity index (χ3v) is 3.72. The lowest BCUT2D eigenvalue weighted by Gasteiger charge is -2.19. The number of esters is 1. The van der Waals surface area contributed by atoms with Crippen molar-refractivity contribution < 1.29 is 19.0 Å². The van der Waals surface area contributed by atoms with E-state index < -0.39 is 0 Å². The summed E-state index contributed by atoms with van der Waals surface area (Å²) in [5, 5.41) is 0. The zero-order valence-electron chi connectivity index (χ0n) is 15.9. The van der Waals surface area contributed by atoms with Crippen LogP contribution in [0.1, 0.15) is 58.6 Å². The molecule has 0 aliphatic heterocycles. The smallest absolute Gasteiger partial charge is 0.314 e. The average molecular weight is 324 g/mol. The number of hydrogen-bond acceptors (Lipinski definition) is 4. The molecular formula is C19H32O4. The van der Waals surface area contributed by atoms with E-state index in [4.69, 9.17) is 14.2 Å². The average Bonchev–Trinajstić information content (AvgIpc) is 2.58. The van der Waals surface area contributed by atoms with Crippen molar-refractivity contribution in [2.75, 3.05) is 14.2 Å². The Morgan fingerprint density at radius 1 is 1.13 bits per heavy atom. The Bertz CT molecular complexity index is 495. The topological polar surface area (TPSA) is 44.8 Å². The molecule has 1 unspecified atom stereocenters. The molecule has 0 spiro atoms. The van der Waals surface area contributed by atoms with Crippen LogP contribution in [0.2, 0.25) is 0 Å². The molecule has 1 aromatic rings. The highest BCUT2D eigenvalue weighted by Crippen LogP contribution is 2.42. The van der Waals surface area contributed by atoms with Gasteiger partial charge in [0.1, 0.15) is 0 Å². The van der Waals surface area contributed by atoms with Gasteiger partial charge in [-0.3, -0.25) is 4.79 Å². The van der Waals surface area contributed by atoms with E-state index in [1.165, 1.54) is 0 Å². The lowest BCUT2D eigenvalue weighted by Crippen LogP contribution is -2.18. The van der Waals surface area contributed by atoms with Crippen molar-refractivity contribution in [2.45, 2.75) is 60.8 Å². The van der Waals surface area contributed by atoms with E-state index in [2.05, 4.69) is 6.92 Å². The number of hydrogen-bond donors (Lipinski definition) is 0. The summed E-state index contributed by atoms with van der Waals surface area (Å²) in [4.78, 5) is 12.1. The van der Waals surface area contributed by atoms with Crippen LogP contribution in [0, 0.1) is 12.8 Å². The van der Waals surface area contributed by atoms with E-state index in [9.17, 15) is 4.79 Å². The summed E-state index contributed by atoms with van der Waals surface area (Å²) in [6, 6.07) is 1.93. The van der Waals surface area contributed by atoms with Crippen LogP contribution in [-0.2, 0) is 11.2 Å². The molecule has 1 aromatic carbocycles. The normalized spacial score (nSPS) is 11.1. The molecule has 0 radical (unpaired) electrons. The van der Waals surface area contributed by atoms with Crippen LogP contribution in [-0.4, -0.2) is 20.2 Å². The van der Waals surface area contributed by atoms with Gasteiger partial charge in [-0.05, 0) is 37.0 Å². The monoisotopic (exact) mass is 324 g/mol. The second kappa shape index (κ2) is 10.9. The maximum Gasteiger partial charge on any atom is 0.314 e. The molecule has 1 rings (SSSR count). The molecule has 0 aliphatic rings. The summed E-state index contributed by atoms with van der Waals surface area (Å²) in [6.45, 7) is 11.9.